The molecule has 0 bridgehead atoms. The molecular weight excluding hydrogens is 382 g/mol. The molecule has 5 nitrogen and oxygen atoms in total. The van der Waals surface area contributed by atoms with Crippen molar-refractivity contribution >= 4 is 39.3 Å². The molecule has 124 valence electrons. The molecule has 0 spiro atoms. The molecule has 0 aliphatic carbocycles. The number of hydrogen-bond donors (Lipinski definition) is 0. The second-order valence-corrected chi connectivity index (χ2v) is 6.31. The van der Waals surface area contributed by atoms with Crippen molar-refractivity contribution in [2.75, 3.05) is 18.6 Å². The Balaban J connectivity index is 2.07. The van der Waals surface area contributed by atoms with Gasteiger partial charge >= 0.3 is 6.09 Å². The van der Waals surface area contributed by atoms with Crippen molar-refractivity contribution in [2.45, 2.75) is 26.8 Å². The summed E-state index contributed by atoms with van der Waals surface area (Å²) in [6.45, 7) is 4.87. The molecule has 1 aromatic heterocycles. The van der Waals surface area contributed by atoms with E-state index in [1.165, 1.54) is 4.90 Å². The second kappa shape index (κ2) is 7.84. The molecule has 1 amide bonds. The molecule has 0 aliphatic rings. The lowest BCUT2D eigenvalue weighted by atomic mass is 10.1. The van der Waals surface area contributed by atoms with Crippen LogP contribution in [-0.4, -0.2) is 29.3 Å². The Labute approximate surface area is 149 Å². The van der Waals surface area contributed by atoms with Crippen LogP contribution in [0.3, 0.4) is 0 Å². The Kier molecular flexibility index (Phi) is 6.07. The Bertz CT molecular complexity index is 703. The smallest absolute Gasteiger partial charge is 0.413 e. The van der Waals surface area contributed by atoms with E-state index < -0.39 is 6.09 Å². The van der Waals surface area contributed by atoms with Gasteiger partial charge < -0.3 is 9.30 Å². The minimum absolute atomic E-state index is 0.342. The number of aromatic nitrogens is 2. The van der Waals surface area contributed by atoms with Gasteiger partial charge in [0, 0.05) is 30.5 Å². The first-order valence-electron chi connectivity index (χ1n) is 7.30. The van der Waals surface area contributed by atoms with E-state index in [4.69, 9.17) is 16.3 Å². The Morgan fingerprint density at radius 2 is 2.22 bits per heavy atom. The van der Waals surface area contributed by atoms with Crippen LogP contribution in [0.25, 0.3) is 0 Å². The molecule has 0 radical (unpaired) electrons. The van der Waals surface area contributed by atoms with E-state index in [1.54, 1.807) is 20.0 Å². The van der Waals surface area contributed by atoms with Gasteiger partial charge in [0.1, 0.15) is 10.4 Å². The van der Waals surface area contributed by atoms with Gasteiger partial charge in [0.2, 0.25) is 0 Å². The molecule has 0 fully saturated rings. The molecule has 2 aromatic rings. The zero-order valence-electron chi connectivity index (χ0n) is 13.3. The number of carbonyl (C=O) groups is 1. The fourth-order valence-electron chi connectivity index (χ4n) is 2.21. The van der Waals surface area contributed by atoms with Crippen LogP contribution in [0.4, 0.5) is 10.5 Å². The van der Waals surface area contributed by atoms with Gasteiger partial charge in [-0.1, -0.05) is 17.7 Å². The van der Waals surface area contributed by atoms with E-state index >= 15 is 0 Å². The largest absolute Gasteiger partial charge is 0.449 e. The number of amides is 1. The number of nitrogens with zero attached hydrogens (tertiary/aromatic N) is 3. The van der Waals surface area contributed by atoms with Crippen molar-refractivity contribution < 1.29 is 9.53 Å². The third-order valence-electron chi connectivity index (χ3n) is 3.53. The van der Waals surface area contributed by atoms with Gasteiger partial charge in [0.05, 0.1) is 6.61 Å². The lowest BCUT2D eigenvalue weighted by molar-refractivity contribution is 0.161. The summed E-state index contributed by atoms with van der Waals surface area (Å²) in [7, 11) is 1.66. The van der Waals surface area contributed by atoms with E-state index in [2.05, 4.69) is 25.5 Å². The number of benzene rings is 1. The highest BCUT2D eigenvalue weighted by Crippen LogP contribution is 2.24. The van der Waals surface area contributed by atoms with Gasteiger partial charge in [0.15, 0.2) is 0 Å². The van der Waals surface area contributed by atoms with E-state index in [1.807, 2.05) is 25.3 Å². The number of halogens is 2. The monoisotopic (exact) mass is 399 g/mol. The van der Waals surface area contributed by atoms with Gasteiger partial charge in [-0.2, -0.15) is 0 Å². The normalized spacial score (nSPS) is 10.7. The van der Waals surface area contributed by atoms with Crippen LogP contribution in [0.5, 0.6) is 0 Å². The van der Waals surface area contributed by atoms with E-state index in [9.17, 15) is 4.79 Å². The molecule has 0 N–H and O–H groups in total. The summed E-state index contributed by atoms with van der Waals surface area (Å²) in [6.07, 6.45) is 2.34. The molecule has 0 unspecified atom stereocenters. The zero-order valence-corrected chi connectivity index (χ0v) is 15.7. The SMILES string of the molecule is CCOC(=O)N(C)c1ccc(CCn2cc(Br)nc2C)c(Cl)c1. The standard InChI is InChI=1S/C16H19BrClN3O2/c1-4-23-16(22)20(3)13-6-5-12(14(18)9-13)7-8-21-10-15(17)19-11(21)2/h5-6,9-10H,4,7-8H2,1-3H3. The number of aryl methyl sites for hydroxylation is 3. The van der Waals surface area contributed by atoms with Crippen LogP contribution in [0.2, 0.25) is 5.02 Å². The number of carbonyl (C=O) groups excluding carboxylic acids is 1. The summed E-state index contributed by atoms with van der Waals surface area (Å²) in [4.78, 5) is 17.5. The highest BCUT2D eigenvalue weighted by atomic mass is 79.9. The van der Waals surface area contributed by atoms with E-state index in [0.717, 1.165) is 29.0 Å². The lowest BCUT2D eigenvalue weighted by Gasteiger charge is -2.17. The second-order valence-electron chi connectivity index (χ2n) is 5.09. The van der Waals surface area contributed by atoms with Gasteiger partial charge in [-0.05, 0) is 53.9 Å². The minimum atomic E-state index is -0.393. The summed E-state index contributed by atoms with van der Waals surface area (Å²) >= 11 is 9.72. The third-order valence-corrected chi connectivity index (χ3v) is 4.27. The number of imidazole rings is 1. The predicted molar refractivity (Wildman–Crippen MR) is 95.2 cm³/mol. The van der Waals surface area contributed by atoms with Crippen LogP contribution in [0.1, 0.15) is 18.3 Å². The number of anilines is 1. The van der Waals surface area contributed by atoms with Crippen LogP contribution < -0.4 is 4.90 Å². The van der Waals surface area contributed by atoms with Gasteiger partial charge in [-0.15, -0.1) is 0 Å². The molecule has 1 heterocycles. The fourth-order valence-corrected chi connectivity index (χ4v) is 2.98. The van der Waals surface area contributed by atoms with E-state index in [-0.39, 0.29) is 0 Å². The molecule has 1 aromatic carbocycles. The number of ether oxygens (including phenoxy) is 1. The summed E-state index contributed by atoms with van der Waals surface area (Å²) in [5.74, 6) is 0.951. The van der Waals surface area contributed by atoms with Crippen molar-refractivity contribution in [3.63, 3.8) is 0 Å². The summed E-state index contributed by atoms with van der Waals surface area (Å²) < 4.78 is 7.87. The molecule has 7 heteroatoms. The molecule has 23 heavy (non-hydrogen) atoms. The minimum Gasteiger partial charge on any atom is -0.449 e. The van der Waals surface area contributed by atoms with Gasteiger partial charge in [0.25, 0.3) is 0 Å². The highest BCUT2D eigenvalue weighted by Gasteiger charge is 2.13. The Morgan fingerprint density at radius 3 is 2.78 bits per heavy atom. The maximum atomic E-state index is 11.7. The van der Waals surface area contributed by atoms with Gasteiger partial charge in [-0.25, -0.2) is 9.78 Å². The molecule has 0 saturated heterocycles. The number of hydrogen-bond acceptors (Lipinski definition) is 3. The molecule has 0 saturated carbocycles. The van der Waals surface area contributed by atoms with Gasteiger partial charge in [-0.3, -0.25) is 4.90 Å². The molecule has 2 rings (SSSR count). The average Bonchev–Trinajstić information content (AvgIpc) is 2.83. The maximum Gasteiger partial charge on any atom is 0.413 e. The molecule has 0 atom stereocenters. The van der Waals surface area contributed by atoms with Crippen LogP contribution in [0, 0.1) is 6.92 Å². The first-order chi connectivity index (χ1) is 10.9. The van der Waals surface area contributed by atoms with Crippen molar-refractivity contribution in [1.29, 1.82) is 0 Å². The summed E-state index contributed by atoms with van der Waals surface area (Å²) in [6, 6.07) is 5.59. The highest BCUT2D eigenvalue weighted by molar-refractivity contribution is 9.10. The van der Waals surface area contributed by atoms with Crippen LogP contribution >= 0.6 is 27.5 Å². The lowest BCUT2D eigenvalue weighted by Crippen LogP contribution is -2.26. The first kappa shape index (κ1) is 17.8. The first-order valence-corrected chi connectivity index (χ1v) is 8.47. The summed E-state index contributed by atoms with van der Waals surface area (Å²) in [5.41, 5.74) is 1.73. The summed E-state index contributed by atoms with van der Waals surface area (Å²) in [5, 5.41) is 0.635. The van der Waals surface area contributed by atoms with Crippen molar-refractivity contribution in [3.8, 4) is 0 Å². The third kappa shape index (κ3) is 4.48. The zero-order chi connectivity index (χ0) is 17.0. The van der Waals surface area contributed by atoms with Crippen molar-refractivity contribution in [3.05, 3.63) is 45.4 Å². The van der Waals surface area contributed by atoms with Crippen LogP contribution in [-0.2, 0) is 17.7 Å². The fraction of sp³-hybridized carbons (Fsp3) is 0.375. The Morgan fingerprint density at radius 1 is 1.48 bits per heavy atom. The molecular formula is C16H19BrClN3O2. The Hall–Kier alpha value is -1.53. The molecule has 0 aliphatic heterocycles. The quantitative estimate of drug-likeness (QED) is 0.745. The van der Waals surface area contributed by atoms with Crippen LogP contribution in [0.15, 0.2) is 29.0 Å². The average molecular weight is 401 g/mol. The maximum absolute atomic E-state index is 11.7. The topological polar surface area (TPSA) is 47.4 Å². The number of rotatable bonds is 5. The van der Waals surface area contributed by atoms with Crippen molar-refractivity contribution in [1.82, 2.24) is 9.55 Å². The predicted octanol–water partition coefficient (Wildman–Crippen LogP) is 4.44. The van der Waals surface area contributed by atoms with E-state index in [0.29, 0.717) is 17.3 Å². The van der Waals surface area contributed by atoms with Crippen molar-refractivity contribution in [2.24, 2.45) is 0 Å².